The number of hydrogen-bond donors (Lipinski definition) is 0. The average molecular weight is 305 g/mol. The van der Waals surface area contributed by atoms with E-state index in [0.29, 0.717) is 36.2 Å². The summed E-state index contributed by atoms with van der Waals surface area (Å²) in [6.07, 6.45) is 0. The lowest BCUT2D eigenvalue weighted by Gasteiger charge is -2.39. The van der Waals surface area contributed by atoms with Gasteiger partial charge in [-0.15, -0.1) is 11.8 Å². The Kier molecular flexibility index (Phi) is 4.17. The van der Waals surface area contributed by atoms with Crippen molar-refractivity contribution in [1.29, 1.82) is 0 Å². The SMILES string of the molecule is COCc1noc(CN2c3ccccc3SC(C)C2C)n1. The molecule has 0 saturated heterocycles. The van der Waals surface area contributed by atoms with Crippen LogP contribution in [0, 0.1) is 0 Å². The zero-order valence-electron chi connectivity index (χ0n) is 12.4. The van der Waals surface area contributed by atoms with E-state index in [2.05, 4.69) is 53.2 Å². The van der Waals surface area contributed by atoms with Crippen LogP contribution in [0.5, 0.6) is 0 Å². The van der Waals surface area contributed by atoms with Crippen LogP contribution in [0.1, 0.15) is 25.6 Å². The Morgan fingerprint density at radius 2 is 2.14 bits per heavy atom. The highest BCUT2D eigenvalue weighted by Gasteiger charge is 2.30. The lowest BCUT2D eigenvalue weighted by atomic mass is 10.1. The molecule has 2 unspecified atom stereocenters. The molecular formula is C15H19N3O2S. The topological polar surface area (TPSA) is 51.4 Å². The Labute approximate surface area is 128 Å². The minimum absolute atomic E-state index is 0.377. The standard InChI is InChI=1S/C15H19N3O2S/c1-10-11(2)21-13-7-5-4-6-12(13)18(10)8-15-16-14(9-19-3)17-20-15/h4-7,10-11H,8-9H2,1-3H3. The number of methoxy groups -OCH3 is 1. The fourth-order valence-electron chi connectivity index (χ4n) is 2.48. The zero-order chi connectivity index (χ0) is 14.8. The molecule has 6 heteroatoms. The van der Waals surface area contributed by atoms with Crippen LogP contribution < -0.4 is 4.90 Å². The normalized spacial score (nSPS) is 21.4. The van der Waals surface area contributed by atoms with Crippen molar-refractivity contribution >= 4 is 17.4 Å². The van der Waals surface area contributed by atoms with Crippen molar-refractivity contribution < 1.29 is 9.26 Å². The third-order valence-electron chi connectivity index (χ3n) is 3.75. The molecule has 0 bridgehead atoms. The maximum absolute atomic E-state index is 5.33. The number of fused-ring (bicyclic) bond motifs is 1. The first-order valence-corrected chi connectivity index (χ1v) is 7.89. The largest absolute Gasteiger partial charge is 0.377 e. The number of hydrogen-bond acceptors (Lipinski definition) is 6. The Hall–Kier alpha value is -1.53. The first-order chi connectivity index (χ1) is 10.2. The van der Waals surface area contributed by atoms with Crippen LogP contribution in [-0.4, -0.2) is 28.5 Å². The van der Waals surface area contributed by atoms with Crippen molar-refractivity contribution in [3.8, 4) is 0 Å². The number of nitrogens with zero attached hydrogens (tertiary/aromatic N) is 3. The van der Waals surface area contributed by atoms with Crippen LogP contribution in [0.2, 0.25) is 0 Å². The van der Waals surface area contributed by atoms with E-state index in [1.807, 2.05) is 11.8 Å². The molecule has 2 atom stereocenters. The van der Waals surface area contributed by atoms with Crippen molar-refractivity contribution in [2.45, 2.75) is 43.2 Å². The lowest BCUT2D eigenvalue weighted by Crippen LogP contribution is -2.41. The van der Waals surface area contributed by atoms with Gasteiger partial charge in [-0.2, -0.15) is 4.98 Å². The van der Waals surface area contributed by atoms with Gasteiger partial charge in [-0.1, -0.05) is 24.2 Å². The van der Waals surface area contributed by atoms with Crippen molar-refractivity contribution in [2.75, 3.05) is 12.0 Å². The number of para-hydroxylation sites is 1. The van der Waals surface area contributed by atoms with E-state index in [-0.39, 0.29) is 0 Å². The minimum atomic E-state index is 0.377. The van der Waals surface area contributed by atoms with E-state index in [1.165, 1.54) is 10.6 Å². The highest BCUT2D eigenvalue weighted by Crippen LogP contribution is 2.41. The second kappa shape index (κ2) is 6.07. The van der Waals surface area contributed by atoms with Gasteiger partial charge in [0.05, 0.1) is 12.2 Å². The molecule has 112 valence electrons. The molecule has 0 radical (unpaired) electrons. The molecule has 0 amide bonds. The van der Waals surface area contributed by atoms with E-state index in [4.69, 9.17) is 9.26 Å². The number of aromatic nitrogens is 2. The van der Waals surface area contributed by atoms with Crippen molar-refractivity contribution in [1.82, 2.24) is 10.1 Å². The van der Waals surface area contributed by atoms with Crippen LogP contribution in [0.25, 0.3) is 0 Å². The van der Waals surface area contributed by atoms with E-state index in [9.17, 15) is 0 Å². The monoisotopic (exact) mass is 305 g/mol. The van der Waals surface area contributed by atoms with Gasteiger partial charge >= 0.3 is 0 Å². The predicted molar refractivity (Wildman–Crippen MR) is 82.4 cm³/mol. The molecule has 0 spiro atoms. The number of thioether (sulfide) groups is 1. The molecule has 1 aromatic carbocycles. The fourth-order valence-corrected chi connectivity index (χ4v) is 3.69. The summed E-state index contributed by atoms with van der Waals surface area (Å²) in [5.74, 6) is 1.22. The molecule has 0 aliphatic carbocycles. The minimum Gasteiger partial charge on any atom is -0.377 e. The maximum atomic E-state index is 5.33. The van der Waals surface area contributed by atoms with Gasteiger partial charge in [0.1, 0.15) is 6.61 Å². The van der Waals surface area contributed by atoms with Crippen LogP contribution in [0.4, 0.5) is 5.69 Å². The zero-order valence-corrected chi connectivity index (χ0v) is 13.3. The summed E-state index contributed by atoms with van der Waals surface area (Å²) in [6, 6.07) is 8.87. The lowest BCUT2D eigenvalue weighted by molar-refractivity contribution is 0.174. The van der Waals surface area contributed by atoms with Gasteiger partial charge in [0.25, 0.3) is 0 Å². The Balaban J connectivity index is 1.85. The first-order valence-electron chi connectivity index (χ1n) is 7.01. The molecule has 1 aliphatic rings. The molecule has 2 heterocycles. The smallest absolute Gasteiger partial charge is 0.246 e. The molecular weight excluding hydrogens is 286 g/mol. The van der Waals surface area contributed by atoms with Gasteiger partial charge in [0.2, 0.25) is 5.89 Å². The number of rotatable bonds is 4. The summed E-state index contributed by atoms with van der Waals surface area (Å²) in [6.45, 7) is 5.49. The summed E-state index contributed by atoms with van der Waals surface area (Å²) in [4.78, 5) is 8.01. The van der Waals surface area contributed by atoms with E-state index < -0.39 is 0 Å². The molecule has 21 heavy (non-hydrogen) atoms. The van der Waals surface area contributed by atoms with Gasteiger partial charge in [-0.3, -0.25) is 0 Å². The Bertz CT molecular complexity index is 616. The quantitative estimate of drug-likeness (QED) is 0.865. The summed E-state index contributed by atoms with van der Waals surface area (Å²) in [5, 5.41) is 4.44. The summed E-state index contributed by atoms with van der Waals surface area (Å²) < 4.78 is 10.4. The molecule has 2 aromatic rings. The van der Waals surface area contributed by atoms with Gasteiger partial charge < -0.3 is 14.2 Å². The summed E-state index contributed by atoms with van der Waals surface area (Å²) >= 11 is 1.92. The van der Waals surface area contributed by atoms with Crippen molar-refractivity contribution in [2.24, 2.45) is 0 Å². The third kappa shape index (κ3) is 2.91. The van der Waals surface area contributed by atoms with Gasteiger partial charge in [-0.05, 0) is 19.1 Å². The van der Waals surface area contributed by atoms with Gasteiger partial charge in [0, 0.05) is 23.3 Å². The van der Waals surface area contributed by atoms with Crippen LogP contribution in [0.15, 0.2) is 33.7 Å². The highest BCUT2D eigenvalue weighted by atomic mass is 32.2. The number of ether oxygens (including phenoxy) is 1. The second-order valence-electron chi connectivity index (χ2n) is 5.20. The van der Waals surface area contributed by atoms with Gasteiger partial charge in [-0.25, -0.2) is 0 Å². The van der Waals surface area contributed by atoms with Crippen LogP contribution in [0.3, 0.4) is 0 Å². The molecule has 1 aliphatic heterocycles. The van der Waals surface area contributed by atoms with Crippen molar-refractivity contribution in [3.05, 3.63) is 36.0 Å². The Morgan fingerprint density at radius 1 is 1.33 bits per heavy atom. The average Bonchev–Trinajstić information content (AvgIpc) is 2.92. The highest BCUT2D eigenvalue weighted by molar-refractivity contribution is 8.00. The molecule has 5 nitrogen and oxygen atoms in total. The van der Waals surface area contributed by atoms with E-state index >= 15 is 0 Å². The maximum Gasteiger partial charge on any atom is 0.246 e. The van der Waals surface area contributed by atoms with Crippen LogP contribution >= 0.6 is 11.8 Å². The third-order valence-corrected chi connectivity index (χ3v) is 5.11. The van der Waals surface area contributed by atoms with E-state index in [0.717, 1.165) is 0 Å². The second-order valence-corrected chi connectivity index (χ2v) is 6.62. The Morgan fingerprint density at radius 3 is 2.95 bits per heavy atom. The molecule has 0 saturated carbocycles. The fraction of sp³-hybridized carbons (Fsp3) is 0.467. The molecule has 0 N–H and O–H groups in total. The first kappa shape index (κ1) is 14.4. The molecule has 1 aromatic heterocycles. The number of anilines is 1. The summed E-state index contributed by atoms with van der Waals surface area (Å²) in [7, 11) is 1.62. The summed E-state index contributed by atoms with van der Waals surface area (Å²) in [5.41, 5.74) is 1.24. The predicted octanol–water partition coefficient (Wildman–Crippen LogP) is 3.11. The van der Waals surface area contributed by atoms with Gasteiger partial charge in [0.15, 0.2) is 5.82 Å². The number of benzene rings is 1. The van der Waals surface area contributed by atoms with Crippen LogP contribution in [-0.2, 0) is 17.9 Å². The molecule has 0 fully saturated rings. The van der Waals surface area contributed by atoms with Crippen molar-refractivity contribution in [3.63, 3.8) is 0 Å². The van der Waals surface area contributed by atoms with E-state index in [1.54, 1.807) is 7.11 Å². The molecule has 3 rings (SSSR count).